The van der Waals surface area contributed by atoms with Crippen LogP contribution in [0.15, 0.2) is 0 Å². The van der Waals surface area contributed by atoms with E-state index in [0.717, 1.165) is 0 Å². The van der Waals surface area contributed by atoms with E-state index in [9.17, 15) is 9.59 Å². The summed E-state index contributed by atoms with van der Waals surface area (Å²) in [6.07, 6.45) is 0.728. The molecule has 1 N–H and O–H groups in total. The quantitative estimate of drug-likeness (QED) is 0.768. The van der Waals surface area contributed by atoms with E-state index in [0.29, 0.717) is 6.42 Å². The number of methoxy groups -OCH3 is 1. The first kappa shape index (κ1) is 17.1. The summed E-state index contributed by atoms with van der Waals surface area (Å²) in [4.78, 5) is 23.5. The van der Waals surface area contributed by atoms with Gasteiger partial charge in [-0.05, 0) is 27.2 Å². The van der Waals surface area contributed by atoms with Gasteiger partial charge in [0.2, 0.25) is 0 Å². The molecule has 0 amide bonds. The zero-order valence-electron chi connectivity index (χ0n) is 12.7. The molecule has 0 aromatic carbocycles. The molecular formula is C14H27NO3. The predicted octanol–water partition coefficient (Wildman–Crippen LogP) is 2.31. The molecule has 0 unspecified atom stereocenters. The van der Waals surface area contributed by atoms with Crippen molar-refractivity contribution in [2.45, 2.75) is 66.0 Å². The molecule has 0 saturated heterocycles. The molecule has 106 valence electrons. The molecule has 0 radical (unpaired) electrons. The Kier molecular flexibility index (Phi) is 6.00. The fourth-order valence-electron chi connectivity index (χ4n) is 1.68. The van der Waals surface area contributed by atoms with Crippen LogP contribution in [0.25, 0.3) is 0 Å². The third kappa shape index (κ3) is 6.74. The van der Waals surface area contributed by atoms with Crippen LogP contribution in [0.5, 0.6) is 0 Å². The SMILES string of the molecule is COC(=O)CC[C@@H](NC(C)(C)C)C(=O)C(C)(C)C. The second kappa shape index (κ2) is 6.32. The maximum Gasteiger partial charge on any atom is 0.305 e. The first-order valence-electron chi connectivity index (χ1n) is 6.36. The number of ether oxygens (including phenoxy) is 1. The second-order valence-corrected chi connectivity index (χ2v) is 6.68. The van der Waals surface area contributed by atoms with Gasteiger partial charge in [0.15, 0.2) is 5.78 Å². The van der Waals surface area contributed by atoms with Crippen molar-refractivity contribution in [2.24, 2.45) is 5.41 Å². The van der Waals surface area contributed by atoms with E-state index in [4.69, 9.17) is 0 Å². The van der Waals surface area contributed by atoms with E-state index in [1.54, 1.807) is 0 Å². The number of ketones is 1. The molecule has 0 aromatic rings. The Labute approximate surface area is 110 Å². The van der Waals surface area contributed by atoms with Gasteiger partial charge in [0, 0.05) is 17.4 Å². The summed E-state index contributed by atoms with van der Waals surface area (Å²) in [5, 5.41) is 3.28. The number of nitrogens with one attached hydrogen (secondary N) is 1. The summed E-state index contributed by atoms with van der Waals surface area (Å²) < 4.78 is 4.62. The number of carbonyl (C=O) groups excluding carboxylic acids is 2. The molecule has 0 heterocycles. The van der Waals surface area contributed by atoms with Crippen LogP contribution in [0, 0.1) is 5.41 Å². The van der Waals surface area contributed by atoms with E-state index in [1.807, 2.05) is 41.5 Å². The molecule has 18 heavy (non-hydrogen) atoms. The number of hydrogen-bond donors (Lipinski definition) is 1. The summed E-state index contributed by atoms with van der Waals surface area (Å²) in [7, 11) is 1.36. The van der Waals surface area contributed by atoms with Gasteiger partial charge in [0.05, 0.1) is 13.2 Å². The van der Waals surface area contributed by atoms with E-state index < -0.39 is 5.41 Å². The van der Waals surface area contributed by atoms with Gasteiger partial charge in [0.25, 0.3) is 0 Å². The van der Waals surface area contributed by atoms with Crippen LogP contribution in [0.1, 0.15) is 54.4 Å². The molecule has 0 fully saturated rings. The first-order chi connectivity index (χ1) is 7.97. The van der Waals surface area contributed by atoms with Gasteiger partial charge in [-0.1, -0.05) is 20.8 Å². The van der Waals surface area contributed by atoms with Gasteiger partial charge >= 0.3 is 5.97 Å². The Morgan fingerprint density at radius 2 is 1.61 bits per heavy atom. The maximum absolute atomic E-state index is 12.3. The lowest BCUT2D eigenvalue weighted by molar-refractivity contribution is -0.141. The van der Waals surface area contributed by atoms with Crippen molar-refractivity contribution in [3.63, 3.8) is 0 Å². The van der Waals surface area contributed by atoms with Crippen molar-refractivity contribution in [2.75, 3.05) is 7.11 Å². The molecule has 4 heteroatoms. The standard InChI is InChI=1S/C14H27NO3/c1-13(2,3)12(17)10(15-14(4,5)6)8-9-11(16)18-7/h10,15H,8-9H2,1-7H3/t10-/m1/s1. The molecule has 0 aliphatic rings. The molecular weight excluding hydrogens is 230 g/mol. The van der Waals surface area contributed by atoms with Crippen LogP contribution < -0.4 is 5.32 Å². The molecule has 0 saturated carbocycles. The molecule has 1 atom stereocenters. The van der Waals surface area contributed by atoms with Crippen molar-refractivity contribution in [3.05, 3.63) is 0 Å². The highest BCUT2D eigenvalue weighted by Gasteiger charge is 2.32. The smallest absolute Gasteiger partial charge is 0.305 e. The summed E-state index contributed by atoms with van der Waals surface area (Å²) in [6.45, 7) is 11.7. The Morgan fingerprint density at radius 1 is 1.11 bits per heavy atom. The van der Waals surface area contributed by atoms with E-state index in [1.165, 1.54) is 7.11 Å². The fraction of sp³-hybridized carbons (Fsp3) is 0.857. The normalized spacial score (nSPS) is 14.2. The molecule has 0 bridgehead atoms. The minimum atomic E-state index is -0.418. The predicted molar refractivity (Wildman–Crippen MR) is 72.4 cm³/mol. The Morgan fingerprint density at radius 3 is 1.94 bits per heavy atom. The van der Waals surface area contributed by atoms with Gasteiger partial charge in [-0.15, -0.1) is 0 Å². The third-order valence-electron chi connectivity index (χ3n) is 2.53. The van der Waals surface area contributed by atoms with Crippen molar-refractivity contribution >= 4 is 11.8 Å². The van der Waals surface area contributed by atoms with E-state index in [2.05, 4.69) is 10.1 Å². The molecule has 0 aliphatic carbocycles. The number of rotatable bonds is 5. The summed E-state index contributed by atoms with van der Waals surface area (Å²) >= 11 is 0. The molecule has 0 aromatic heterocycles. The van der Waals surface area contributed by atoms with Crippen molar-refractivity contribution in [1.82, 2.24) is 5.32 Å². The van der Waals surface area contributed by atoms with Crippen LogP contribution in [0.2, 0.25) is 0 Å². The largest absolute Gasteiger partial charge is 0.469 e. The van der Waals surface area contributed by atoms with Crippen LogP contribution in [0.3, 0.4) is 0 Å². The first-order valence-corrected chi connectivity index (χ1v) is 6.36. The van der Waals surface area contributed by atoms with Gasteiger partial charge in [-0.25, -0.2) is 0 Å². The van der Waals surface area contributed by atoms with Crippen molar-refractivity contribution in [1.29, 1.82) is 0 Å². The maximum atomic E-state index is 12.3. The zero-order chi connectivity index (χ0) is 14.6. The number of esters is 1. The topological polar surface area (TPSA) is 55.4 Å². The number of hydrogen-bond acceptors (Lipinski definition) is 4. The number of carbonyl (C=O) groups is 2. The Hall–Kier alpha value is -0.900. The minimum absolute atomic E-state index is 0.126. The highest BCUT2D eigenvalue weighted by molar-refractivity contribution is 5.89. The van der Waals surface area contributed by atoms with Crippen LogP contribution in [0.4, 0.5) is 0 Å². The Bertz CT molecular complexity index is 297. The lowest BCUT2D eigenvalue weighted by Crippen LogP contribution is -2.51. The molecule has 4 nitrogen and oxygen atoms in total. The van der Waals surface area contributed by atoms with Gasteiger partial charge in [0.1, 0.15) is 0 Å². The zero-order valence-corrected chi connectivity index (χ0v) is 12.7. The molecule has 0 spiro atoms. The van der Waals surface area contributed by atoms with E-state index in [-0.39, 0.29) is 29.8 Å². The minimum Gasteiger partial charge on any atom is -0.469 e. The van der Waals surface area contributed by atoms with Crippen molar-refractivity contribution in [3.8, 4) is 0 Å². The highest BCUT2D eigenvalue weighted by Crippen LogP contribution is 2.20. The summed E-state index contributed by atoms with van der Waals surface area (Å²) in [6, 6.07) is -0.316. The monoisotopic (exact) mass is 257 g/mol. The number of Topliss-reactive ketones (excluding diaryl/α,β-unsaturated/α-hetero) is 1. The summed E-state index contributed by atoms with van der Waals surface area (Å²) in [5.41, 5.74) is -0.583. The van der Waals surface area contributed by atoms with Crippen LogP contribution in [-0.4, -0.2) is 30.4 Å². The average Bonchev–Trinajstić information content (AvgIpc) is 2.19. The summed E-state index contributed by atoms with van der Waals surface area (Å²) in [5.74, 6) is -0.154. The average molecular weight is 257 g/mol. The van der Waals surface area contributed by atoms with Gasteiger partial charge in [-0.3, -0.25) is 9.59 Å². The van der Waals surface area contributed by atoms with E-state index >= 15 is 0 Å². The van der Waals surface area contributed by atoms with Crippen LogP contribution >= 0.6 is 0 Å². The Balaban J connectivity index is 4.73. The third-order valence-corrected chi connectivity index (χ3v) is 2.53. The van der Waals surface area contributed by atoms with Gasteiger partial charge in [-0.2, -0.15) is 0 Å². The molecule has 0 aliphatic heterocycles. The van der Waals surface area contributed by atoms with Gasteiger partial charge < -0.3 is 10.1 Å². The molecule has 0 rings (SSSR count). The lowest BCUT2D eigenvalue weighted by atomic mass is 9.84. The van der Waals surface area contributed by atoms with Crippen molar-refractivity contribution < 1.29 is 14.3 Å². The highest BCUT2D eigenvalue weighted by atomic mass is 16.5. The van der Waals surface area contributed by atoms with Crippen LogP contribution in [-0.2, 0) is 14.3 Å². The second-order valence-electron chi connectivity index (χ2n) is 6.68. The lowest BCUT2D eigenvalue weighted by Gasteiger charge is -2.31. The fourth-order valence-corrected chi connectivity index (χ4v) is 1.68.